The van der Waals surface area contributed by atoms with Crippen molar-refractivity contribution >= 4 is 23.8 Å². The van der Waals surface area contributed by atoms with Gasteiger partial charge >= 0.3 is 6.09 Å². The molecule has 1 aliphatic rings. The molecule has 1 amide bonds. The van der Waals surface area contributed by atoms with E-state index in [0.29, 0.717) is 13.0 Å². The number of phenols is 1. The number of amides is 1. The number of carbonyl (C=O) groups excluding carboxylic acids is 1. The van der Waals surface area contributed by atoms with Crippen LogP contribution in [0.5, 0.6) is 5.75 Å². The Hall–Kier alpha value is -3.31. The molecule has 0 aliphatic heterocycles. The Kier molecular flexibility index (Phi) is 6.23. The van der Waals surface area contributed by atoms with Crippen LogP contribution in [0.2, 0.25) is 5.02 Å². The quantitative estimate of drug-likeness (QED) is 0.456. The molecule has 0 spiro atoms. The number of benzene rings is 3. The van der Waals surface area contributed by atoms with Gasteiger partial charge in [0.05, 0.1) is 5.02 Å². The number of phenolic OH excluding ortho intramolecular Hbond substituents is 1. The van der Waals surface area contributed by atoms with Gasteiger partial charge in [-0.25, -0.2) is 9.18 Å². The van der Waals surface area contributed by atoms with Crippen LogP contribution in [0.3, 0.4) is 0 Å². The van der Waals surface area contributed by atoms with Gasteiger partial charge in [-0.2, -0.15) is 0 Å². The highest BCUT2D eigenvalue weighted by atomic mass is 35.5. The van der Waals surface area contributed by atoms with Crippen LogP contribution < -0.4 is 5.32 Å². The molecule has 0 heterocycles. The Bertz CT molecular complexity index is 1100. The third kappa shape index (κ3) is 4.57. The minimum Gasteiger partial charge on any atom is -0.506 e. The molecule has 0 atom stereocenters. The molecule has 0 saturated carbocycles. The first-order chi connectivity index (χ1) is 15.0. The topological polar surface area (TPSA) is 58.6 Å². The van der Waals surface area contributed by atoms with Crippen molar-refractivity contribution in [1.29, 1.82) is 0 Å². The lowest BCUT2D eigenvalue weighted by atomic mass is 9.98. The van der Waals surface area contributed by atoms with Crippen molar-refractivity contribution in [3.05, 3.63) is 94.3 Å². The molecule has 0 aromatic heterocycles. The number of fused-ring (bicyclic) bond motifs is 3. The second-order valence-electron chi connectivity index (χ2n) is 7.27. The number of hydrogen-bond donors (Lipinski definition) is 2. The Balaban J connectivity index is 1.29. The van der Waals surface area contributed by atoms with Crippen LogP contribution in [0.25, 0.3) is 17.2 Å². The van der Waals surface area contributed by atoms with Gasteiger partial charge in [0, 0.05) is 18.0 Å². The van der Waals surface area contributed by atoms with E-state index in [4.69, 9.17) is 16.3 Å². The first-order valence-corrected chi connectivity index (χ1v) is 10.4. The van der Waals surface area contributed by atoms with Crippen LogP contribution in [-0.2, 0) is 4.74 Å². The largest absolute Gasteiger partial charge is 0.506 e. The summed E-state index contributed by atoms with van der Waals surface area (Å²) in [5.74, 6) is -0.693. The number of aromatic hydroxyl groups is 1. The molecular weight excluding hydrogens is 417 g/mol. The molecule has 0 saturated heterocycles. The Morgan fingerprint density at radius 2 is 1.74 bits per heavy atom. The van der Waals surface area contributed by atoms with E-state index in [2.05, 4.69) is 29.6 Å². The summed E-state index contributed by atoms with van der Waals surface area (Å²) in [6, 6.07) is 18.6. The second-order valence-corrected chi connectivity index (χ2v) is 7.68. The van der Waals surface area contributed by atoms with Crippen LogP contribution in [0.15, 0.2) is 66.7 Å². The summed E-state index contributed by atoms with van der Waals surface area (Å²) in [6.07, 6.45) is 3.27. The normalized spacial score (nSPS) is 12.6. The third-order valence-corrected chi connectivity index (χ3v) is 5.57. The minimum absolute atomic E-state index is 0.0127. The van der Waals surface area contributed by atoms with E-state index in [-0.39, 0.29) is 28.9 Å². The van der Waals surface area contributed by atoms with Crippen LogP contribution >= 0.6 is 11.6 Å². The minimum atomic E-state index is -0.529. The van der Waals surface area contributed by atoms with E-state index in [1.54, 1.807) is 12.2 Å². The zero-order valence-corrected chi connectivity index (χ0v) is 17.4. The summed E-state index contributed by atoms with van der Waals surface area (Å²) >= 11 is 5.76. The summed E-state index contributed by atoms with van der Waals surface area (Å²) in [5, 5.41) is 12.5. The van der Waals surface area contributed by atoms with Gasteiger partial charge in [0.15, 0.2) is 0 Å². The van der Waals surface area contributed by atoms with Crippen LogP contribution in [0, 0.1) is 5.82 Å². The molecule has 2 N–H and O–H groups in total. The first kappa shape index (κ1) is 20.9. The molecule has 0 unspecified atom stereocenters. The standard InChI is InChI=1S/C25H21ClFNO3/c26-23-14-17(27)13-16(24(23)29)7-5-6-12-28-25(30)31-15-22-20-10-3-1-8-18(20)19-9-2-4-11-21(19)22/h1-5,7-11,13-14,22,29H,6,12,15H2,(H,28,30). The van der Waals surface area contributed by atoms with Crippen molar-refractivity contribution < 1.29 is 19.0 Å². The predicted octanol–water partition coefficient (Wildman–Crippen LogP) is 6.13. The number of nitrogens with one attached hydrogen (secondary N) is 1. The maximum Gasteiger partial charge on any atom is 0.407 e. The summed E-state index contributed by atoms with van der Waals surface area (Å²) in [6.45, 7) is 0.600. The zero-order valence-electron chi connectivity index (χ0n) is 16.6. The fraction of sp³-hybridized carbons (Fsp3) is 0.160. The van der Waals surface area contributed by atoms with Crippen molar-refractivity contribution in [2.45, 2.75) is 12.3 Å². The number of carbonyl (C=O) groups is 1. The first-order valence-electron chi connectivity index (χ1n) is 9.98. The summed E-state index contributed by atoms with van der Waals surface area (Å²) in [4.78, 5) is 12.1. The number of halogens is 2. The summed E-state index contributed by atoms with van der Waals surface area (Å²) in [5.41, 5.74) is 4.96. The Morgan fingerprint density at radius 1 is 1.10 bits per heavy atom. The van der Waals surface area contributed by atoms with E-state index >= 15 is 0 Å². The highest BCUT2D eigenvalue weighted by Crippen LogP contribution is 2.44. The number of ether oxygens (including phenoxy) is 1. The summed E-state index contributed by atoms with van der Waals surface area (Å²) < 4.78 is 18.9. The number of rotatable bonds is 6. The number of hydrogen-bond acceptors (Lipinski definition) is 3. The molecule has 3 aromatic carbocycles. The van der Waals surface area contributed by atoms with Crippen LogP contribution in [0.4, 0.5) is 9.18 Å². The molecule has 0 bridgehead atoms. The van der Waals surface area contributed by atoms with Crippen molar-refractivity contribution in [1.82, 2.24) is 5.32 Å². The molecule has 6 heteroatoms. The van der Waals surface area contributed by atoms with Gasteiger partial charge in [0.1, 0.15) is 18.2 Å². The Labute approximate surface area is 184 Å². The average Bonchev–Trinajstić information content (AvgIpc) is 3.09. The van der Waals surface area contributed by atoms with E-state index in [1.165, 1.54) is 17.2 Å². The smallest absolute Gasteiger partial charge is 0.407 e. The van der Waals surface area contributed by atoms with E-state index < -0.39 is 11.9 Å². The van der Waals surface area contributed by atoms with Gasteiger partial charge in [-0.05, 0) is 40.8 Å². The predicted molar refractivity (Wildman–Crippen MR) is 120 cm³/mol. The second kappa shape index (κ2) is 9.23. The fourth-order valence-corrected chi connectivity index (χ4v) is 4.04. The molecule has 4 nitrogen and oxygen atoms in total. The highest BCUT2D eigenvalue weighted by molar-refractivity contribution is 6.32. The lowest BCUT2D eigenvalue weighted by Gasteiger charge is -2.14. The highest BCUT2D eigenvalue weighted by Gasteiger charge is 2.28. The molecule has 1 aliphatic carbocycles. The van der Waals surface area contributed by atoms with Crippen LogP contribution in [-0.4, -0.2) is 24.4 Å². The van der Waals surface area contributed by atoms with E-state index in [1.807, 2.05) is 24.3 Å². The van der Waals surface area contributed by atoms with Crippen LogP contribution in [0.1, 0.15) is 29.0 Å². The van der Waals surface area contributed by atoms with E-state index in [0.717, 1.165) is 17.2 Å². The van der Waals surface area contributed by atoms with E-state index in [9.17, 15) is 14.3 Å². The molecular formula is C25H21ClFNO3. The van der Waals surface area contributed by atoms with Crippen molar-refractivity contribution in [3.8, 4) is 16.9 Å². The zero-order chi connectivity index (χ0) is 21.8. The molecule has 0 radical (unpaired) electrons. The van der Waals surface area contributed by atoms with Gasteiger partial charge in [0.2, 0.25) is 0 Å². The average molecular weight is 438 g/mol. The van der Waals surface area contributed by atoms with Crippen molar-refractivity contribution in [2.75, 3.05) is 13.2 Å². The number of alkyl carbamates (subject to hydrolysis) is 1. The SMILES string of the molecule is O=C(NCCC=Cc1cc(F)cc(Cl)c1O)OCC1c2ccccc2-c2ccccc21. The maximum atomic E-state index is 13.4. The van der Waals surface area contributed by atoms with Gasteiger partial charge in [0.25, 0.3) is 0 Å². The molecule has 31 heavy (non-hydrogen) atoms. The molecule has 3 aromatic rings. The summed E-state index contributed by atoms with van der Waals surface area (Å²) in [7, 11) is 0. The van der Waals surface area contributed by atoms with Gasteiger partial charge in [-0.1, -0.05) is 72.3 Å². The molecule has 158 valence electrons. The fourth-order valence-electron chi connectivity index (χ4n) is 3.83. The lowest BCUT2D eigenvalue weighted by molar-refractivity contribution is 0.143. The van der Waals surface area contributed by atoms with Crippen molar-refractivity contribution in [2.24, 2.45) is 0 Å². The third-order valence-electron chi connectivity index (χ3n) is 5.28. The van der Waals surface area contributed by atoms with Gasteiger partial charge < -0.3 is 15.2 Å². The van der Waals surface area contributed by atoms with Gasteiger partial charge in [-0.3, -0.25) is 0 Å². The lowest BCUT2D eigenvalue weighted by Crippen LogP contribution is -2.26. The maximum absolute atomic E-state index is 13.4. The Morgan fingerprint density at radius 3 is 2.42 bits per heavy atom. The van der Waals surface area contributed by atoms with Gasteiger partial charge in [-0.15, -0.1) is 0 Å². The monoisotopic (exact) mass is 437 g/mol. The molecule has 4 rings (SSSR count). The van der Waals surface area contributed by atoms with Crippen molar-refractivity contribution in [3.63, 3.8) is 0 Å². The molecule has 0 fully saturated rings.